The molecule has 1 atom stereocenters. The van der Waals surface area contributed by atoms with Crippen molar-refractivity contribution in [3.8, 4) is 0 Å². The number of pyridine rings is 1. The maximum atomic E-state index is 12.1. The highest BCUT2D eigenvalue weighted by atomic mass is 16.1. The molecule has 1 aromatic heterocycles. The summed E-state index contributed by atoms with van der Waals surface area (Å²) in [5, 5.41) is 0. The number of rotatable bonds is 6. The average molecular weight is 262 g/mol. The highest BCUT2D eigenvalue weighted by molar-refractivity contribution is 5.95. The molecule has 3 nitrogen and oxygen atoms in total. The van der Waals surface area contributed by atoms with Crippen molar-refractivity contribution >= 4 is 5.78 Å². The Labute approximate surface area is 116 Å². The molecule has 0 amide bonds. The molecular formula is C16H26N2O. The van der Waals surface area contributed by atoms with Gasteiger partial charge in [-0.15, -0.1) is 0 Å². The first-order valence-corrected chi connectivity index (χ1v) is 7.00. The van der Waals surface area contributed by atoms with E-state index in [1.807, 2.05) is 19.1 Å². The number of carbonyl (C=O) groups excluding carboxylic acids is 1. The van der Waals surface area contributed by atoms with E-state index in [0.717, 1.165) is 18.5 Å². The molecule has 0 saturated heterocycles. The Morgan fingerprint density at radius 3 is 2.47 bits per heavy atom. The minimum Gasteiger partial charge on any atom is -0.330 e. The van der Waals surface area contributed by atoms with Gasteiger partial charge in [0.25, 0.3) is 0 Å². The lowest BCUT2D eigenvalue weighted by molar-refractivity contribution is 0.0957. The SMILES string of the molecule is Cc1ccc(C(=O)CCC(CCN)C(C)(C)C)cn1. The van der Waals surface area contributed by atoms with Crippen molar-refractivity contribution in [3.63, 3.8) is 0 Å². The summed E-state index contributed by atoms with van der Waals surface area (Å²) >= 11 is 0. The summed E-state index contributed by atoms with van der Waals surface area (Å²) in [5.41, 5.74) is 7.52. The molecule has 1 rings (SSSR count). The zero-order valence-electron chi connectivity index (χ0n) is 12.6. The van der Waals surface area contributed by atoms with Crippen LogP contribution in [0.1, 0.15) is 56.1 Å². The van der Waals surface area contributed by atoms with Crippen LogP contribution in [0.15, 0.2) is 18.3 Å². The van der Waals surface area contributed by atoms with Gasteiger partial charge in [0.15, 0.2) is 5.78 Å². The van der Waals surface area contributed by atoms with E-state index in [0.29, 0.717) is 24.4 Å². The van der Waals surface area contributed by atoms with Crippen molar-refractivity contribution in [1.82, 2.24) is 4.98 Å². The highest BCUT2D eigenvalue weighted by Crippen LogP contribution is 2.32. The van der Waals surface area contributed by atoms with E-state index in [4.69, 9.17) is 5.73 Å². The van der Waals surface area contributed by atoms with Gasteiger partial charge < -0.3 is 5.73 Å². The molecule has 106 valence electrons. The lowest BCUT2D eigenvalue weighted by atomic mass is 9.76. The van der Waals surface area contributed by atoms with Crippen LogP contribution in [0.2, 0.25) is 0 Å². The fourth-order valence-electron chi connectivity index (χ4n) is 2.29. The quantitative estimate of drug-likeness (QED) is 0.800. The molecule has 19 heavy (non-hydrogen) atoms. The third kappa shape index (κ3) is 5.11. The molecule has 2 N–H and O–H groups in total. The third-order valence-electron chi connectivity index (χ3n) is 3.69. The van der Waals surface area contributed by atoms with Gasteiger partial charge in [-0.05, 0) is 49.8 Å². The minimum atomic E-state index is 0.179. The Kier molecular flexibility index (Phi) is 5.67. The average Bonchev–Trinajstić information content (AvgIpc) is 2.33. The Hall–Kier alpha value is -1.22. The second-order valence-corrected chi connectivity index (χ2v) is 6.29. The van der Waals surface area contributed by atoms with Gasteiger partial charge in [0, 0.05) is 23.9 Å². The number of hydrogen-bond donors (Lipinski definition) is 1. The lowest BCUT2D eigenvalue weighted by Crippen LogP contribution is -2.24. The van der Waals surface area contributed by atoms with E-state index in [1.54, 1.807) is 6.20 Å². The third-order valence-corrected chi connectivity index (χ3v) is 3.69. The van der Waals surface area contributed by atoms with E-state index < -0.39 is 0 Å². The zero-order valence-corrected chi connectivity index (χ0v) is 12.6. The predicted molar refractivity (Wildman–Crippen MR) is 79.2 cm³/mol. The molecule has 0 bridgehead atoms. The molecule has 0 aromatic carbocycles. The Balaban J connectivity index is 2.59. The van der Waals surface area contributed by atoms with Crippen LogP contribution >= 0.6 is 0 Å². The van der Waals surface area contributed by atoms with Crippen LogP contribution in [-0.2, 0) is 0 Å². The van der Waals surface area contributed by atoms with E-state index in [-0.39, 0.29) is 11.2 Å². The van der Waals surface area contributed by atoms with Crippen molar-refractivity contribution in [1.29, 1.82) is 0 Å². The fraction of sp³-hybridized carbons (Fsp3) is 0.625. The number of nitrogens with two attached hydrogens (primary N) is 1. The van der Waals surface area contributed by atoms with Crippen LogP contribution in [0, 0.1) is 18.3 Å². The predicted octanol–water partition coefficient (Wildman–Crippen LogP) is 3.36. The molecule has 0 fully saturated rings. The second-order valence-electron chi connectivity index (χ2n) is 6.29. The van der Waals surface area contributed by atoms with Crippen LogP contribution in [0.3, 0.4) is 0 Å². The first kappa shape index (κ1) is 15.8. The van der Waals surface area contributed by atoms with E-state index in [1.165, 1.54) is 0 Å². The summed E-state index contributed by atoms with van der Waals surface area (Å²) in [7, 11) is 0. The summed E-state index contributed by atoms with van der Waals surface area (Å²) in [4.78, 5) is 16.3. The number of Topliss-reactive ketones (excluding diaryl/α,β-unsaturated/α-hetero) is 1. The van der Waals surface area contributed by atoms with Gasteiger partial charge in [-0.25, -0.2) is 0 Å². The molecular weight excluding hydrogens is 236 g/mol. The molecule has 0 spiro atoms. The number of hydrogen-bond acceptors (Lipinski definition) is 3. The number of ketones is 1. The van der Waals surface area contributed by atoms with Gasteiger partial charge >= 0.3 is 0 Å². The Morgan fingerprint density at radius 1 is 1.32 bits per heavy atom. The molecule has 0 aliphatic carbocycles. The van der Waals surface area contributed by atoms with E-state index in [2.05, 4.69) is 25.8 Å². The number of nitrogens with zero attached hydrogens (tertiary/aromatic N) is 1. The molecule has 0 aliphatic heterocycles. The van der Waals surface area contributed by atoms with E-state index >= 15 is 0 Å². The Bertz CT molecular complexity index is 404. The summed E-state index contributed by atoms with van der Waals surface area (Å²) in [5.74, 6) is 0.665. The molecule has 0 radical (unpaired) electrons. The van der Waals surface area contributed by atoms with Gasteiger partial charge in [0.2, 0.25) is 0 Å². The number of carbonyl (C=O) groups is 1. The number of aromatic nitrogens is 1. The van der Waals surface area contributed by atoms with Gasteiger partial charge in [0.05, 0.1) is 0 Å². The van der Waals surface area contributed by atoms with Crippen molar-refractivity contribution in [2.75, 3.05) is 6.54 Å². The van der Waals surface area contributed by atoms with Crippen LogP contribution in [-0.4, -0.2) is 17.3 Å². The van der Waals surface area contributed by atoms with Gasteiger partial charge in [-0.1, -0.05) is 20.8 Å². The summed E-state index contributed by atoms with van der Waals surface area (Å²) < 4.78 is 0. The Morgan fingerprint density at radius 2 is 2.00 bits per heavy atom. The molecule has 1 heterocycles. The van der Waals surface area contributed by atoms with Crippen LogP contribution in [0.25, 0.3) is 0 Å². The van der Waals surface area contributed by atoms with Crippen molar-refractivity contribution in [2.24, 2.45) is 17.1 Å². The van der Waals surface area contributed by atoms with Gasteiger partial charge in [0.1, 0.15) is 0 Å². The highest BCUT2D eigenvalue weighted by Gasteiger charge is 2.24. The second kappa shape index (κ2) is 6.80. The zero-order chi connectivity index (χ0) is 14.5. The summed E-state index contributed by atoms with van der Waals surface area (Å²) in [6, 6.07) is 3.74. The monoisotopic (exact) mass is 262 g/mol. The number of aryl methyl sites for hydroxylation is 1. The fourth-order valence-corrected chi connectivity index (χ4v) is 2.29. The largest absolute Gasteiger partial charge is 0.330 e. The molecule has 1 unspecified atom stereocenters. The summed E-state index contributed by atoms with van der Waals surface area (Å²) in [6.45, 7) is 9.25. The van der Waals surface area contributed by atoms with Crippen molar-refractivity contribution in [3.05, 3.63) is 29.6 Å². The standard InChI is InChI=1S/C16H26N2O/c1-12-5-6-13(11-18-12)15(19)8-7-14(9-10-17)16(2,3)4/h5-6,11,14H,7-10,17H2,1-4H3. The molecule has 1 aromatic rings. The normalized spacial score (nSPS) is 13.3. The van der Waals surface area contributed by atoms with Crippen molar-refractivity contribution in [2.45, 2.75) is 47.0 Å². The summed E-state index contributed by atoms with van der Waals surface area (Å²) in [6.07, 6.45) is 4.12. The van der Waals surface area contributed by atoms with Crippen LogP contribution in [0.4, 0.5) is 0 Å². The maximum Gasteiger partial charge on any atom is 0.164 e. The molecule has 0 saturated carbocycles. The lowest BCUT2D eigenvalue weighted by Gasteiger charge is -2.30. The first-order valence-electron chi connectivity index (χ1n) is 7.00. The minimum absolute atomic E-state index is 0.179. The first-order chi connectivity index (χ1) is 8.84. The van der Waals surface area contributed by atoms with Gasteiger partial charge in [-0.2, -0.15) is 0 Å². The molecule has 0 aliphatic rings. The van der Waals surface area contributed by atoms with Crippen LogP contribution < -0.4 is 5.73 Å². The van der Waals surface area contributed by atoms with Crippen LogP contribution in [0.5, 0.6) is 0 Å². The maximum absolute atomic E-state index is 12.1. The van der Waals surface area contributed by atoms with E-state index in [9.17, 15) is 4.79 Å². The van der Waals surface area contributed by atoms with Gasteiger partial charge in [-0.3, -0.25) is 9.78 Å². The van der Waals surface area contributed by atoms with Crippen molar-refractivity contribution < 1.29 is 4.79 Å². The molecule has 3 heteroatoms. The topological polar surface area (TPSA) is 56.0 Å². The smallest absolute Gasteiger partial charge is 0.164 e.